The van der Waals surface area contributed by atoms with Gasteiger partial charge in [-0.3, -0.25) is 4.90 Å². The van der Waals surface area contributed by atoms with E-state index in [0.29, 0.717) is 6.04 Å². The van der Waals surface area contributed by atoms with Gasteiger partial charge in [0.15, 0.2) is 6.61 Å². The highest BCUT2D eigenvalue weighted by atomic mass is 16.6. The lowest BCUT2D eigenvalue weighted by atomic mass is 9.74. The third-order valence-corrected chi connectivity index (χ3v) is 7.40. The van der Waals surface area contributed by atoms with Gasteiger partial charge >= 0.3 is 12.1 Å². The molecule has 7 heteroatoms. The number of rotatable bonds is 2. The highest BCUT2D eigenvalue weighted by Crippen LogP contribution is 2.47. The maximum Gasteiger partial charge on any atom is 0.410 e. The number of hydrogen-bond donors (Lipinski definition) is 0. The van der Waals surface area contributed by atoms with Gasteiger partial charge < -0.3 is 19.4 Å². The minimum atomic E-state index is -0.246. The molecule has 0 aliphatic carbocycles. The molecule has 1 aromatic rings. The van der Waals surface area contributed by atoms with Crippen molar-refractivity contribution < 1.29 is 14.3 Å². The first-order chi connectivity index (χ1) is 15.9. The SMILES string of the molecule is CCC#CCOC(=O)N1CCC(N2CCC3(CC2)CN(C(=O)N(C)C)c2ccccc23)CC1. The van der Waals surface area contributed by atoms with Crippen LogP contribution in [0.25, 0.3) is 0 Å². The number of fused-ring (bicyclic) bond motifs is 2. The van der Waals surface area contributed by atoms with Crippen LogP contribution in [0.2, 0.25) is 0 Å². The molecular weight excluding hydrogens is 416 g/mol. The Labute approximate surface area is 197 Å². The number of carbonyl (C=O) groups excluding carboxylic acids is 2. The summed E-state index contributed by atoms with van der Waals surface area (Å²) in [5.74, 6) is 5.78. The fourth-order valence-electron chi connectivity index (χ4n) is 5.57. The van der Waals surface area contributed by atoms with E-state index in [2.05, 4.69) is 34.9 Å². The second kappa shape index (κ2) is 10.0. The number of anilines is 1. The van der Waals surface area contributed by atoms with Crippen molar-refractivity contribution >= 4 is 17.8 Å². The van der Waals surface area contributed by atoms with Crippen LogP contribution in [0.1, 0.15) is 44.6 Å². The molecule has 3 amide bonds. The molecule has 33 heavy (non-hydrogen) atoms. The van der Waals surface area contributed by atoms with Crippen LogP contribution in [0.4, 0.5) is 15.3 Å². The monoisotopic (exact) mass is 452 g/mol. The molecule has 1 aromatic carbocycles. The Hall–Kier alpha value is -2.72. The van der Waals surface area contributed by atoms with E-state index in [-0.39, 0.29) is 24.1 Å². The summed E-state index contributed by atoms with van der Waals surface area (Å²) in [5.41, 5.74) is 2.44. The topological polar surface area (TPSA) is 56.3 Å². The smallest absolute Gasteiger partial charge is 0.410 e. The van der Waals surface area contributed by atoms with Gasteiger partial charge in [-0.2, -0.15) is 0 Å². The van der Waals surface area contributed by atoms with Gasteiger partial charge in [-0.05, 0) is 50.4 Å². The number of likely N-dealkylation sites (tertiary alicyclic amines) is 2. The molecule has 0 radical (unpaired) electrons. The number of ether oxygens (including phenoxy) is 1. The van der Waals surface area contributed by atoms with Crippen LogP contribution in [-0.2, 0) is 10.2 Å². The van der Waals surface area contributed by atoms with Crippen LogP contribution in [0, 0.1) is 11.8 Å². The van der Waals surface area contributed by atoms with E-state index in [1.807, 2.05) is 36.9 Å². The Morgan fingerprint density at radius 1 is 1.09 bits per heavy atom. The fraction of sp³-hybridized carbons (Fsp3) is 0.615. The fourth-order valence-corrected chi connectivity index (χ4v) is 5.57. The molecule has 3 heterocycles. The van der Waals surface area contributed by atoms with E-state index in [1.54, 1.807) is 4.90 Å². The Morgan fingerprint density at radius 2 is 1.79 bits per heavy atom. The zero-order chi connectivity index (χ0) is 23.4. The average molecular weight is 453 g/mol. The Morgan fingerprint density at radius 3 is 2.45 bits per heavy atom. The number of nitrogens with zero attached hydrogens (tertiary/aromatic N) is 4. The zero-order valence-electron chi connectivity index (χ0n) is 20.2. The maximum absolute atomic E-state index is 12.8. The lowest BCUT2D eigenvalue weighted by molar-refractivity contribution is 0.0602. The van der Waals surface area contributed by atoms with Crippen LogP contribution >= 0.6 is 0 Å². The molecule has 0 saturated carbocycles. The summed E-state index contributed by atoms with van der Waals surface area (Å²) in [5, 5.41) is 0. The molecule has 4 rings (SSSR count). The third kappa shape index (κ3) is 4.81. The number of benzene rings is 1. The van der Waals surface area contributed by atoms with Crippen LogP contribution in [0.15, 0.2) is 24.3 Å². The summed E-state index contributed by atoms with van der Waals surface area (Å²) < 4.78 is 5.27. The molecule has 2 fully saturated rings. The molecule has 3 aliphatic rings. The summed E-state index contributed by atoms with van der Waals surface area (Å²) in [6.07, 6.45) is 4.59. The second-order valence-electron chi connectivity index (χ2n) is 9.58. The minimum absolute atomic E-state index is 0.0444. The molecule has 0 unspecified atom stereocenters. The van der Waals surface area contributed by atoms with E-state index < -0.39 is 0 Å². The number of urea groups is 1. The zero-order valence-corrected chi connectivity index (χ0v) is 20.2. The van der Waals surface area contributed by atoms with Crippen LogP contribution in [0.5, 0.6) is 0 Å². The molecule has 0 N–H and O–H groups in total. The van der Waals surface area contributed by atoms with E-state index in [9.17, 15) is 9.59 Å². The summed E-state index contributed by atoms with van der Waals surface area (Å²) in [6, 6.07) is 8.98. The minimum Gasteiger partial charge on any atom is -0.436 e. The van der Waals surface area contributed by atoms with Gasteiger partial charge in [0.05, 0.1) is 0 Å². The van der Waals surface area contributed by atoms with Crippen molar-refractivity contribution in [3.05, 3.63) is 29.8 Å². The predicted octanol–water partition coefficient (Wildman–Crippen LogP) is 3.54. The van der Waals surface area contributed by atoms with E-state index in [4.69, 9.17) is 4.74 Å². The van der Waals surface area contributed by atoms with Crippen molar-refractivity contribution in [3.8, 4) is 11.8 Å². The van der Waals surface area contributed by atoms with E-state index in [1.165, 1.54) is 5.56 Å². The molecule has 2 saturated heterocycles. The van der Waals surface area contributed by atoms with Gasteiger partial charge in [0.25, 0.3) is 0 Å². The highest BCUT2D eigenvalue weighted by molar-refractivity contribution is 5.95. The molecule has 3 aliphatic heterocycles. The standard InChI is InChI=1S/C26H36N4O3/c1-4-5-8-19-33-25(32)29-15-11-21(12-16-29)28-17-13-26(14-18-28)20-30(24(31)27(2)3)23-10-7-6-9-22(23)26/h6-7,9-10,21H,4,11-20H2,1-3H3. The first kappa shape index (κ1) is 23.4. The van der Waals surface area contributed by atoms with Gasteiger partial charge in [0, 0.05) is 57.3 Å². The van der Waals surface area contributed by atoms with Crippen LogP contribution in [-0.4, -0.2) is 86.3 Å². The second-order valence-corrected chi connectivity index (χ2v) is 9.58. The third-order valence-electron chi connectivity index (χ3n) is 7.40. The van der Waals surface area contributed by atoms with Crippen molar-refractivity contribution in [1.29, 1.82) is 0 Å². The van der Waals surface area contributed by atoms with Gasteiger partial charge in [-0.1, -0.05) is 31.0 Å². The van der Waals surface area contributed by atoms with E-state index in [0.717, 1.165) is 70.5 Å². The Kier molecular flexibility index (Phi) is 7.14. The summed E-state index contributed by atoms with van der Waals surface area (Å²) in [4.78, 5) is 33.1. The van der Waals surface area contributed by atoms with Crippen molar-refractivity contribution in [2.45, 2.75) is 50.5 Å². The molecular formula is C26H36N4O3. The normalized spacial score (nSPS) is 20.2. The van der Waals surface area contributed by atoms with Crippen molar-refractivity contribution in [2.24, 2.45) is 0 Å². The van der Waals surface area contributed by atoms with Crippen molar-refractivity contribution in [1.82, 2.24) is 14.7 Å². The van der Waals surface area contributed by atoms with Crippen molar-refractivity contribution in [3.63, 3.8) is 0 Å². The number of hydrogen-bond acceptors (Lipinski definition) is 4. The lowest BCUT2D eigenvalue weighted by Crippen LogP contribution is -2.52. The first-order valence-electron chi connectivity index (χ1n) is 12.1. The first-order valence-corrected chi connectivity index (χ1v) is 12.1. The molecule has 1 spiro atoms. The number of piperidine rings is 2. The largest absolute Gasteiger partial charge is 0.436 e. The molecule has 178 valence electrons. The molecule has 0 atom stereocenters. The lowest BCUT2D eigenvalue weighted by Gasteiger charge is -2.45. The Bertz CT molecular complexity index is 919. The van der Waals surface area contributed by atoms with Gasteiger partial charge in [-0.25, -0.2) is 9.59 Å². The predicted molar refractivity (Wildman–Crippen MR) is 129 cm³/mol. The Balaban J connectivity index is 1.33. The molecule has 7 nitrogen and oxygen atoms in total. The summed E-state index contributed by atoms with van der Waals surface area (Å²) >= 11 is 0. The van der Waals surface area contributed by atoms with Gasteiger partial charge in [-0.15, -0.1) is 5.92 Å². The number of para-hydroxylation sites is 1. The maximum atomic E-state index is 12.8. The van der Waals surface area contributed by atoms with Gasteiger partial charge in [0.2, 0.25) is 0 Å². The van der Waals surface area contributed by atoms with Crippen molar-refractivity contribution in [2.75, 3.05) is 58.3 Å². The number of amides is 3. The summed E-state index contributed by atoms with van der Waals surface area (Å²) in [7, 11) is 3.64. The van der Waals surface area contributed by atoms with Crippen LogP contribution < -0.4 is 4.90 Å². The molecule has 0 aromatic heterocycles. The molecule has 0 bridgehead atoms. The quantitative estimate of drug-likeness (QED) is 0.644. The van der Waals surface area contributed by atoms with E-state index >= 15 is 0 Å². The average Bonchev–Trinajstić information content (AvgIpc) is 3.16. The number of carbonyl (C=O) groups is 2. The van der Waals surface area contributed by atoms with Crippen LogP contribution in [0.3, 0.4) is 0 Å². The van der Waals surface area contributed by atoms with Gasteiger partial charge in [0.1, 0.15) is 0 Å². The highest BCUT2D eigenvalue weighted by Gasteiger charge is 2.47. The summed E-state index contributed by atoms with van der Waals surface area (Å²) in [6.45, 7) is 6.45.